The number of allylic oxidation sites excluding steroid dienone is 1. The summed E-state index contributed by atoms with van der Waals surface area (Å²) >= 11 is 0. The third-order valence-electron chi connectivity index (χ3n) is 3.42. The molecular weight excluding hydrogens is 292 g/mol. The number of nitrogens with two attached hydrogens (primary N) is 1. The minimum Gasteiger partial charge on any atom is -0.459 e. The quantitative estimate of drug-likeness (QED) is 0.408. The molecule has 0 amide bonds. The Morgan fingerprint density at radius 2 is 1.96 bits per heavy atom. The van der Waals surface area contributed by atoms with Crippen molar-refractivity contribution < 1.29 is 14.6 Å². The molecular formula is C18H28N2O3. The molecule has 0 heterocycles. The number of carbonyl (C=O) groups is 1. The summed E-state index contributed by atoms with van der Waals surface area (Å²) in [6.07, 6.45) is 2.37. The molecule has 5 nitrogen and oxygen atoms in total. The van der Waals surface area contributed by atoms with Crippen LogP contribution in [0, 0.1) is 5.92 Å². The zero-order valence-corrected chi connectivity index (χ0v) is 14.4. The third-order valence-corrected chi connectivity index (χ3v) is 3.42. The fourth-order valence-corrected chi connectivity index (χ4v) is 2.35. The molecule has 1 rings (SSSR count). The van der Waals surface area contributed by atoms with Gasteiger partial charge >= 0.3 is 5.97 Å². The molecule has 4 N–H and O–H groups in total. The summed E-state index contributed by atoms with van der Waals surface area (Å²) in [5, 5.41) is 9.33. The second-order valence-corrected chi connectivity index (χ2v) is 6.57. The maximum absolute atomic E-state index is 12.3. The lowest BCUT2D eigenvalue weighted by atomic mass is 9.92. The summed E-state index contributed by atoms with van der Waals surface area (Å²) in [5.74, 6) is 4.89. The van der Waals surface area contributed by atoms with Crippen molar-refractivity contribution in [3.8, 4) is 0 Å². The first-order valence-electron chi connectivity index (χ1n) is 7.82. The normalized spacial score (nSPS) is 15.1. The van der Waals surface area contributed by atoms with E-state index in [0.717, 1.165) is 11.1 Å². The molecule has 1 aromatic rings. The van der Waals surface area contributed by atoms with Gasteiger partial charge in [0.15, 0.2) is 0 Å². The van der Waals surface area contributed by atoms with Gasteiger partial charge in [-0.05, 0) is 45.3 Å². The van der Waals surface area contributed by atoms with Gasteiger partial charge in [0.1, 0.15) is 11.6 Å². The summed E-state index contributed by atoms with van der Waals surface area (Å²) in [4.78, 5) is 12.3. The number of ether oxygens (including phenoxy) is 1. The molecule has 128 valence electrons. The number of hydrogen-bond acceptors (Lipinski definition) is 5. The smallest absolute Gasteiger partial charge is 0.325 e. The van der Waals surface area contributed by atoms with E-state index in [1.807, 2.05) is 64.1 Å². The van der Waals surface area contributed by atoms with E-state index >= 15 is 0 Å². The number of aliphatic hydroxyl groups is 1. The van der Waals surface area contributed by atoms with Gasteiger partial charge in [0.2, 0.25) is 0 Å². The molecule has 2 atom stereocenters. The van der Waals surface area contributed by atoms with Gasteiger partial charge in [-0.3, -0.25) is 10.6 Å². The van der Waals surface area contributed by atoms with Crippen molar-refractivity contribution in [3.05, 3.63) is 42.0 Å². The number of esters is 1. The van der Waals surface area contributed by atoms with Crippen molar-refractivity contribution in [1.29, 1.82) is 0 Å². The fraction of sp³-hybridized carbons (Fsp3) is 0.500. The van der Waals surface area contributed by atoms with Crippen LogP contribution in [0.1, 0.15) is 39.7 Å². The highest BCUT2D eigenvalue weighted by Crippen LogP contribution is 2.21. The van der Waals surface area contributed by atoms with Gasteiger partial charge < -0.3 is 9.84 Å². The molecule has 0 spiro atoms. The van der Waals surface area contributed by atoms with Crippen LogP contribution in [0.3, 0.4) is 0 Å². The number of aliphatic hydroxyl groups excluding tert-OH is 1. The number of hydrogen-bond donors (Lipinski definition) is 3. The van der Waals surface area contributed by atoms with Gasteiger partial charge in [0.05, 0.1) is 0 Å². The zero-order chi connectivity index (χ0) is 17.5. The zero-order valence-electron chi connectivity index (χ0n) is 14.4. The highest BCUT2D eigenvalue weighted by atomic mass is 16.6. The van der Waals surface area contributed by atoms with Crippen LogP contribution >= 0.6 is 0 Å². The monoisotopic (exact) mass is 320 g/mol. The second-order valence-electron chi connectivity index (χ2n) is 6.57. The lowest BCUT2D eigenvalue weighted by molar-refractivity contribution is -0.158. The summed E-state index contributed by atoms with van der Waals surface area (Å²) in [6.45, 7) is 7.37. The Labute approximate surface area is 138 Å². The van der Waals surface area contributed by atoms with Crippen molar-refractivity contribution in [2.75, 3.05) is 6.61 Å². The van der Waals surface area contributed by atoms with Crippen LogP contribution in [-0.2, 0) is 9.53 Å². The molecule has 0 unspecified atom stereocenters. The lowest BCUT2D eigenvalue weighted by Crippen LogP contribution is -2.49. The van der Waals surface area contributed by atoms with E-state index in [9.17, 15) is 9.90 Å². The van der Waals surface area contributed by atoms with Gasteiger partial charge in [-0.25, -0.2) is 5.43 Å². The molecule has 0 fully saturated rings. The van der Waals surface area contributed by atoms with Gasteiger partial charge in [0, 0.05) is 12.5 Å². The number of hydrazine groups is 1. The number of carbonyl (C=O) groups excluding carboxylic acids is 1. The molecule has 0 aliphatic heterocycles. The average Bonchev–Trinajstić information content (AvgIpc) is 2.47. The van der Waals surface area contributed by atoms with Crippen LogP contribution in [0.5, 0.6) is 0 Å². The van der Waals surface area contributed by atoms with E-state index in [1.165, 1.54) is 0 Å². The van der Waals surface area contributed by atoms with Gasteiger partial charge in [-0.15, -0.1) is 0 Å². The van der Waals surface area contributed by atoms with Gasteiger partial charge in [0.25, 0.3) is 0 Å². The first-order chi connectivity index (χ1) is 10.8. The Hall–Kier alpha value is -1.69. The van der Waals surface area contributed by atoms with Crippen LogP contribution in [0.2, 0.25) is 0 Å². The largest absolute Gasteiger partial charge is 0.459 e. The minimum atomic E-state index is -0.708. The van der Waals surface area contributed by atoms with Crippen LogP contribution < -0.4 is 11.3 Å². The Morgan fingerprint density at radius 3 is 2.43 bits per heavy atom. The highest BCUT2D eigenvalue weighted by Gasteiger charge is 2.30. The molecule has 0 saturated carbocycles. The summed E-state index contributed by atoms with van der Waals surface area (Å²) in [5.41, 5.74) is 4.03. The standard InChI is InChI=1S/C18H28N2O3/c1-13(14-8-6-5-7-9-14)12-15(10-11-21)16(20-19)17(22)23-18(2,3)4/h5-9,12,15-16,20-21H,10-11,19H2,1-4H3/b13-12+/t15-,16+/m1/s1. The van der Waals surface area contributed by atoms with Crippen molar-refractivity contribution in [2.24, 2.45) is 11.8 Å². The SMILES string of the molecule is C/C(=C\[C@@H](CCO)[C@H](NN)C(=O)OC(C)(C)C)c1ccccc1. The number of benzene rings is 1. The maximum atomic E-state index is 12.3. The molecule has 0 bridgehead atoms. The highest BCUT2D eigenvalue weighted by molar-refractivity contribution is 5.77. The van der Waals surface area contributed by atoms with Crippen LogP contribution in [-0.4, -0.2) is 29.3 Å². The topological polar surface area (TPSA) is 84.6 Å². The van der Waals surface area contributed by atoms with E-state index < -0.39 is 17.6 Å². The lowest BCUT2D eigenvalue weighted by Gasteiger charge is -2.27. The Balaban J connectivity index is 3.00. The first-order valence-corrected chi connectivity index (χ1v) is 7.82. The molecule has 5 heteroatoms. The van der Waals surface area contributed by atoms with Crippen molar-refractivity contribution in [1.82, 2.24) is 5.43 Å². The van der Waals surface area contributed by atoms with E-state index in [0.29, 0.717) is 6.42 Å². The van der Waals surface area contributed by atoms with Crippen LogP contribution in [0.25, 0.3) is 5.57 Å². The van der Waals surface area contributed by atoms with Crippen LogP contribution in [0.15, 0.2) is 36.4 Å². The van der Waals surface area contributed by atoms with Gasteiger partial charge in [-0.2, -0.15) is 0 Å². The van der Waals surface area contributed by atoms with Crippen LogP contribution in [0.4, 0.5) is 0 Å². The van der Waals surface area contributed by atoms with E-state index in [2.05, 4.69) is 5.43 Å². The maximum Gasteiger partial charge on any atom is 0.325 e. The Kier molecular flexibility index (Phi) is 7.42. The molecule has 0 radical (unpaired) electrons. The van der Waals surface area contributed by atoms with Crippen molar-refractivity contribution in [3.63, 3.8) is 0 Å². The van der Waals surface area contributed by atoms with E-state index in [1.54, 1.807) is 0 Å². The minimum absolute atomic E-state index is 0.0375. The fourth-order valence-electron chi connectivity index (χ4n) is 2.35. The first kappa shape index (κ1) is 19.4. The molecule has 0 aliphatic rings. The molecule has 0 saturated heterocycles. The Morgan fingerprint density at radius 1 is 1.35 bits per heavy atom. The van der Waals surface area contributed by atoms with E-state index in [4.69, 9.17) is 10.6 Å². The molecule has 23 heavy (non-hydrogen) atoms. The third kappa shape index (κ3) is 6.52. The van der Waals surface area contributed by atoms with Crippen molar-refractivity contribution in [2.45, 2.75) is 45.8 Å². The number of rotatable bonds is 7. The predicted molar refractivity (Wildman–Crippen MR) is 92.2 cm³/mol. The predicted octanol–water partition coefficient (Wildman–Crippen LogP) is 2.26. The molecule has 1 aromatic carbocycles. The Bertz CT molecular complexity index is 521. The molecule has 0 aromatic heterocycles. The average molecular weight is 320 g/mol. The van der Waals surface area contributed by atoms with E-state index in [-0.39, 0.29) is 12.5 Å². The number of nitrogens with one attached hydrogen (secondary N) is 1. The van der Waals surface area contributed by atoms with Gasteiger partial charge in [-0.1, -0.05) is 36.4 Å². The summed E-state index contributed by atoms with van der Waals surface area (Å²) < 4.78 is 5.41. The molecule has 0 aliphatic carbocycles. The van der Waals surface area contributed by atoms with Crippen molar-refractivity contribution >= 4 is 11.5 Å². The summed E-state index contributed by atoms with van der Waals surface area (Å²) in [6, 6.07) is 9.16. The summed E-state index contributed by atoms with van der Waals surface area (Å²) in [7, 11) is 0. The second kappa shape index (κ2) is 8.82.